The molecule has 0 saturated heterocycles. The quantitative estimate of drug-likeness (QED) is 0.635. The summed E-state index contributed by atoms with van der Waals surface area (Å²) in [5, 5.41) is 4.28. The van der Waals surface area contributed by atoms with Gasteiger partial charge in [0.1, 0.15) is 0 Å². The van der Waals surface area contributed by atoms with Gasteiger partial charge in [-0.25, -0.2) is 0 Å². The Hall–Kier alpha value is -0.780. The van der Waals surface area contributed by atoms with E-state index in [0.29, 0.717) is 15.6 Å². The topological polar surface area (TPSA) is 29.1 Å². The summed E-state index contributed by atoms with van der Waals surface area (Å²) in [7, 11) is 0. The second kappa shape index (κ2) is 7.47. The minimum Gasteiger partial charge on any atom is -0.345 e. The van der Waals surface area contributed by atoms with Crippen LogP contribution in [0.1, 0.15) is 35.3 Å². The highest BCUT2D eigenvalue weighted by molar-refractivity contribution is 14.1. The van der Waals surface area contributed by atoms with Gasteiger partial charge in [-0.05, 0) is 64.9 Å². The Labute approximate surface area is 148 Å². The van der Waals surface area contributed by atoms with Gasteiger partial charge in [0.2, 0.25) is 0 Å². The number of rotatable bonds is 4. The zero-order valence-electron chi connectivity index (χ0n) is 11.4. The van der Waals surface area contributed by atoms with E-state index in [1.807, 2.05) is 37.3 Å². The van der Waals surface area contributed by atoms with Gasteiger partial charge < -0.3 is 5.32 Å². The van der Waals surface area contributed by atoms with Gasteiger partial charge in [-0.1, -0.05) is 42.3 Å². The molecular weight excluding hydrogens is 420 g/mol. The van der Waals surface area contributed by atoms with Crippen molar-refractivity contribution in [2.75, 3.05) is 0 Å². The van der Waals surface area contributed by atoms with E-state index in [9.17, 15) is 4.79 Å². The Balaban J connectivity index is 2.20. The molecule has 5 heteroatoms. The summed E-state index contributed by atoms with van der Waals surface area (Å²) in [6.45, 7) is 2.03. The SMILES string of the molecule is CCC(NC(=O)c1cc(Cl)ccc1I)c1ccc(Cl)cc1. The third-order valence-corrected chi connectivity index (χ3v) is 4.59. The summed E-state index contributed by atoms with van der Waals surface area (Å²) in [5.74, 6) is -0.122. The Kier molecular flexibility index (Phi) is 5.90. The maximum Gasteiger partial charge on any atom is 0.252 e. The van der Waals surface area contributed by atoms with Crippen molar-refractivity contribution in [3.8, 4) is 0 Å². The molecule has 2 aromatic carbocycles. The lowest BCUT2D eigenvalue weighted by atomic mass is 10.0. The first-order valence-electron chi connectivity index (χ1n) is 6.52. The normalized spacial score (nSPS) is 12.0. The molecule has 0 radical (unpaired) electrons. The van der Waals surface area contributed by atoms with Crippen molar-refractivity contribution in [3.05, 3.63) is 67.2 Å². The number of carbonyl (C=O) groups excluding carboxylic acids is 1. The molecular formula is C16H14Cl2INO. The van der Waals surface area contributed by atoms with Crippen molar-refractivity contribution in [1.29, 1.82) is 0 Å². The summed E-state index contributed by atoms with van der Waals surface area (Å²) < 4.78 is 0.875. The molecule has 0 aliphatic heterocycles. The molecule has 0 spiro atoms. The molecule has 0 aliphatic carbocycles. The molecule has 2 aromatic rings. The van der Waals surface area contributed by atoms with Crippen LogP contribution >= 0.6 is 45.8 Å². The number of benzene rings is 2. The third kappa shape index (κ3) is 4.34. The lowest BCUT2D eigenvalue weighted by Crippen LogP contribution is -2.28. The van der Waals surface area contributed by atoms with E-state index in [1.165, 1.54) is 0 Å². The minimum absolute atomic E-state index is 0.0513. The highest BCUT2D eigenvalue weighted by atomic mass is 127. The largest absolute Gasteiger partial charge is 0.345 e. The van der Waals surface area contributed by atoms with Crippen molar-refractivity contribution in [2.45, 2.75) is 19.4 Å². The van der Waals surface area contributed by atoms with Crippen LogP contribution in [-0.2, 0) is 0 Å². The predicted octanol–water partition coefficient (Wildman–Crippen LogP) is 5.48. The Morgan fingerprint density at radius 3 is 2.38 bits per heavy atom. The maximum absolute atomic E-state index is 12.4. The average molecular weight is 434 g/mol. The lowest BCUT2D eigenvalue weighted by molar-refractivity contribution is 0.0934. The molecule has 0 aliphatic rings. The first-order valence-corrected chi connectivity index (χ1v) is 8.36. The van der Waals surface area contributed by atoms with Gasteiger partial charge in [0.25, 0.3) is 5.91 Å². The molecule has 2 rings (SSSR count). The van der Waals surface area contributed by atoms with E-state index in [0.717, 1.165) is 15.6 Å². The van der Waals surface area contributed by atoms with Crippen LogP contribution in [0, 0.1) is 3.57 Å². The smallest absolute Gasteiger partial charge is 0.252 e. The van der Waals surface area contributed by atoms with Crippen LogP contribution < -0.4 is 5.32 Å². The van der Waals surface area contributed by atoms with Crippen LogP contribution in [0.15, 0.2) is 42.5 Å². The predicted molar refractivity (Wildman–Crippen MR) is 96.1 cm³/mol. The molecule has 2 nitrogen and oxygen atoms in total. The highest BCUT2D eigenvalue weighted by Crippen LogP contribution is 2.22. The number of amides is 1. The number of carbonyl (C=O) groups is 1. The van der Waals surface area contributed by atoms with Crippen LogP contribution in [0.25, 0.3) is 0 Å². The first-order chi connectivity index (χ1) is 10.0. The molecule has 0 fully saturated rings. The van der Waals surface area contributed by atoms with Gasteiger partial charge in [-0.15, -0.1) is 0 Å². The van der Waals surface area contributed by atoms with Crippen molar-refractivity contribution in [3.63, 3.8) is 0 Å². The zero-order chi connectivity index (χ0) is 15.4. The second-order valence-electron chi connectivity index (χ2n) is 4.61. The second-order valence-corrected chi connectivity index (χ2v) is 6.65. The van der Waals surface area contributed by atoms with Crippen LogP contribution in [0.2, 0.25) is 10.0 Å². The van der Waals surface area contributed by atoms with Crippen molar-refractivity contribution >= 4 is 51.7 Å². The number of hydrogen-bond donors (Lipinski definition) is 1. The summed E-state index contributed by atoms with van der Waals surface area (Å²) in [6, 6.07) is 12.8. The van der Waals surface area contributed by atoms with E-state index < -0.39 is 0 Å². The van der Waals surface area contributed by atoms with Crippen LogP contribution in [-0.4, -0.2) is 5.91 Å². The monoisotopic (exact) mass is 433 g/mol. The van der Waals surface area contributed by atoms with Crippen LogP contribution in [0.4, 0.5) is 0 Å². The third-order valence-electron chi connectivity index (χ3n) is 3.16. The molecule has 0 aromatic heterocycles. The zero-order valence-corrected chi connectivity index (χ0v) is 15.0. The molecule has 110 valence electrons. The first kappa shape index (κ1) is 16.6. The average Bonchev–Trinajstić information content (AvgIpc) is 2.48. The molecule has 0 bridgehead atoms. The van der Waals surface area contributed by atoms with E-state index in [4.69, 9.17) is 23.2 Å². The summed E-state index contributed by atoms with van der Waals surface area (Å²) >= 11 is 14.0. The minimum atomic E-state index is -0.122. The molecule has 1 unspecified atom stereocenters. The molecule has 1 atom stereocenters. The summed E-state index contributed by atoms with van der Waals surface area (Å²) in [6.07, 6.45) is 0.796. The van der Waals surface area contributed by atoms with E-state index in [-0.39, 0.29) is 11.9 Å². The lowest BCUT2D eigenvalue weighted by Gasteiger charge is -2.18. The molecule has 0 saturated carbocycles. The fourth-order valence-corrected chi connectivity index (χ4v) is 2.90. The van der Waals surface area contributed by atoms with Crippen molar-refractivity contribution < 1.29 is 4.79 Å². The van der Waals surface area contributed by atoms with Gasteiger partial charge in [-0.3, -0.25) is 4.79 Å². The van der Waals surface area contributed by atoms with E-state index in [1.54, 1.807) is 12.1 Å². The molecule has 21 heavy (non-hydrogen) atoms. The summed E-state index contributed by atoms with van der Waals surface area (Å²) in [4.78, 5) is 12.4. The number of halogens is 3. The molecule has 1 amide bonds. The number of hydrogen-bond acceptors (Lipinski definition) is 1. The molecule has 0 heterocycles. The van der Waals surface area contributed by atoms with Gasteiger partial charge in [0.05, 0.1) is 11.6 Å². The van der Waals surface area contributed by atoms with Gasteiger partial charge in [-0.2, -0.15) is 0 Å². The highest BCUT2D eigenvalue weighted by Gasteiger charge is 2.16. The van der Waals surface area contributed by atoms with Gasteiger partial charge >= 0.3 is 0 Å². The van der Waals surface area contributed by atoms with Crippen LogP contribution in [0.3, 0.4) is 0 Å². The van der Waals surface area contributed by atoms with Crippen LogP contribution in [0.5, 0.6) is 0 Å². The van der Waals surface area contributed by atoms with E-state index in [2.05, 4.69) is 27.9 Å². The van der Waals surface area contributed by atoms with Crippen molar-refractivity contribution in [2.24, 2.45) is 0 Å². The standard InChI is InChI=1S/C16H14Cl2INO/c1-2-15(10-3-5-11(17)6-4-10)20-16(21)13-9-12(18)7-8-14(13)19/h3-9,15H,2H2,1H3,(H,20,21). The fraction of sp³-hybridized carbons (Fsp3) is 0.188. The Bertz CT molecular complexity index is 643. The van der Waals surface area contributed by atoms with Gasteiger partial charge in [0, 0.05) is 13.6 Å². The maximum atomic E-state index is 12.4. The van der Waals surface area contributed by atoms with Crippen molar-refractivity contribution in [1.82, 2.24) is 5.32 Å². The fourth-order valence-electron chi connectivity index (χ4n) is 2.02. The summed E-state index contributed by atoms with van der Waals surface area (Å²) in [5.41, 5.74) is 1.63. The molecule has 1 N–H and O–H groups in total. The van der Waals surface area contributed by atoms with Gasteiger partial charge in [0.15, 0.2) is 0 Å². The number of nitrogens with one attached hydrogen (secondary N) is 1. The Morgan fingerprint density at radius 2 is 1.76 bits per heavy atom. The Morgan fingerprint density at radius 1 is 1.14 bits per heavy atom. The van der Waals surface area contributed by atoms with E-state index >= 15 is 0 Å².